The Hall–Kier alpha value is -1.83. The molecule has 1 aliphatic carbocycles. The molecule has 1 saturated carbocycles. The van der Waals surface area contributed by atoms with Crippen molar-refractivity contribution < 1.29 is 9.53 Å². The van der Waals surface area contributed by atoms with Crippen molar-refractivity contribution in [1.29, 1.82) is 0 Å². The van der Waals surface area contributed by atoms with Crippen molar-refractivity contribution in [3.63, 3.8) is 0 Å². The zero-order valence-electron chi connectivity index (χ0n) is 12.6. The highest BCUT2D eigenvalue weighted by Gasteiger charge is 2.28. The molecule has 4 heteroatoms. The summed E-state index contributed by atoms with van der Waals surface area (Å²) in [5, 5.41) is 3.07. The van der Waals surface area contributed by atoms with Crippen LogP contribution in [-0.2, 0) is 4.74 Å². The number of methoxy groups -OCH3 is 1. The molecule has 2 rings (SSSR count). The van der Waals surface area contributed by atoms with Crippen LogP contribution >= 0.6 is 0 Å². The second kappa shape index (κ2) is 7.26. The molecule has 1 fully saturated rings. The molecule has 112 valence electrons. The van der Waals surface area contributed by atoms with Gasteiger partial charge in [0.1, 0.15) is 0 Å². The van der Waals surface area contributed by atoms with E-state index in [4.69, 9.17) is 10.5 Å². The molecule has 4 nitrogen and oxygen atoms in total. The maximum atomic E-state index is 12.4. The molecule has 1 aliphatic rings. The minimum atomic E-state index is -0.0663. The van der Waals surface area contributed by atoms with Crippen LogP contribution in [0.5, 0.6) is 0 Å². The predicted molar refractivity (Wildman–Crippen MR) is 83.0 cm³/mol. The lowest BCUT2D eigenvalue weighted by Gasteiger charge is -2.19. The Morgan fingerprint density at radius 3 is 2.95 bits per heavy atom. The van der Waals surface area contributed by atoms with Gasteiger partial charge in [0.25, 0.3) is 5.91 Å². The van der Waals surface area contributed by atoms with Gasteiger partial charge in [-0.2, -0.15) is 0 Å². The van der Waals surface area contributed by atoms with Crippen molar-refractivity contribution in [2.24, 2.45) is 5.73 Å². The maximum Gasteiger partial charge on any atom is 0.251 e. The highest BCUT2D eigenvalue weighted by molar-refractivity contribution is 5.95. The monoisotopic (exact) mass is 286 g/mol. The van der Waals surface area contributed by atoms with E-state index < -0.39 is 0 Å². The molecule has 0 saturated heterocycles. The number of benzene rings is 1. The van der Waals surface area contributed by atoms with Gasteiger partial charge in [0.2, 0.25) is 0 Å². The number of amides is 1. The molecule has 21 heavy (non-hydrogen) atoms. The fraction of sp³-hybridized carbons (Fsp3) is 0.471. The average molecular weight is 286 g/mol. The van der Waals surface area contributed by atoms with Crippen molar-refractivity contribution in [2.75, 3.05) is 13.7 Å². The zero-order valence-corrected chi connectivity index (χ0v) is 12.6. The van der Waals surface area contributed by atoms with E-state index in [9.17, 15) is 4.79 Å². The van der Waals surface area contributed by atoms with Crippen molar-refractivity contribution in [1.82, 2.24) is 5.32 Å². The fourth-order valence-electron chi connectivity index (χ4n) is 2.76. The van der Waals surface area contributed by atoms with Gasteiger partial charge in [-0.3, -0.25) is 4.79 Å². The predicted octanol–water partition coefficient (Wildman–Crippen LogP) is 1.60. The first-order valence-electron chi connectivity index (χ1n) is 7.28. The number of nitrogens with two attached hydrogens (primary N) is 1. The summed E-state index contributed by atoms with van der Waals surface area (Å²) < 4.78 is 5.41. The van der Waals surface area contributed by atoms with Crippen molar-refractivity contribution in [2.45, 2.75) is 38.3 Å². The molecule has 2 atom stereocenters. The lowest BCUT2D eigenvalue weighted by atomic mass is 10.1. The molecule has 0 heterocycles. The summed E-state index contributed by atoms with van der Waals surface area (Å²) in [6.07, 6.45) is 3.18. The normalized spacial score (nSPS) is 20.7. The standard InChI is InChI=1S/C17H22N2O2/c1-12-9-13(5-4-8-18)11-14(10-12)17(20)19-15-6-3-7-16(15)21-2/h9-11,15-16H,3,6-8,18H2,1-2H3,(H,19,20). The third-order valence-electron chi connectivity index (χ3n) is 3.75. The molecular weight excluding hydrogens is 264 g/mol. The largest absolute Gasteiger partial charge is 0.379 e. The second-order valence-electron chi connectivity index (χ2n) is 5.38. The topological polar surface area (TPSA) is 64.3 Å². The summed E-state index contributed by atoms with van der Waals surface area (Å²) >= 11 is 0. The molecule has 2 unspecified atom stereocenters. The Morgan fingerprint density at radius 2 is 2.24 bits per heavy atom. The molecule has 0 aromatic heterocycles. The van der Waals surface area contributed by atoms with Crippen LogP contribution < -0.4 is 11.1 Å². The number of carbonyl (C=O) groups is 1. The molecule has 1 amide bonds. The van der Waals surface area contributed by atoms with Crippen LogP contribution in [0.25, 0.3) is 0 Å². The number of hydrogen-bond acceptors (Lipinski definition) is 3. The first kappa shape index (κ1) is 15.6. The molecule has 0 bridgehead atoms. The Balaban J connectivity index is 2.13. The number of hydrogen-bond donors (Lipinski definition) is 2. The zero-order chi connectivity index (χ0) is 15.2. The summed E-state index contributed by atoms with van der Waals surface area (Å²) in [6, 6.07) is 5.73. The first-order chi connectivity index (χ1) is 10.1. The molecule has 0 radical (unpaired) electrons. The van der Waals surface area contributed by atoms with Gasteiger partial charge < -0.3 is 15.8 Å². The van der Waals surface area contributed by atoms with E-state index in [2.05, 4.69) is 17.2 Å². The molecule has 1 aromatic rings. The minimum absolute atomic E-state index is 0.0663. The van der Waals surface area contributed by atoms with Gasteiger partial charge in [-0.15, -0.1) is 0 Å². The summed E-state index contributed by atoms with van der Waals surface area (Å²) in [7, 11) is 1.70. The van der Waals surface area contributed by atoms with Gasteiger partial charge in [-0.05, 0) is 49.9 Å². The Labute approximate surface area is 126 Å². The van der Waals surface area contributed by atoms with E-state index in [-0.39, 0.29) is 18.1 Å². The molecule has 1 aromatic carbocycles. The lowest BCUT2D eigenvalue weighted by molar-refractivity contribution is 0.0722. The maximum absolute atomic E-state index is 12.4. The summed E-state index contributed by atoms with van der Waals surface area (Å²) in [6.45, 7) is 2.27. The van der Waals surface area contributed by atoms with Crippen molar-refractivity contribution >= 4 is 5.91 Å². The van der Waals surface area contributed by atoms with Crippen LogP contribution in [0.1, 0.15) is 40.7 Å². The van der Waals surface area contributed by atoms with Gasteiger partial charge in [0, 0.05) is 18.2 Å². The van der Waals surface area contributed by atoms with Crippen molar-refractivity contribution in [3.05, 3.63) is 34.9 Å². The number of carbonyl (C=O) groups excluding carboxylic acids is 1. The van der Waals surface area contributed by atoms with Gasteiger partial charge in [0.15, 0.2) is 0 Å². The highest BCUT2D eigenvalue weighted by atomic mass is 16.5. The van der Waals surface area contributed by atoms with E-state index in [1.54, 1.807) is 7.11 Å². The van der Waals surface area contributed by atoms with E-state index in [0.717, 1.165) is 30.4 Å². The Bertz CT molecular complexity index is 572. The molecule has 0 spiro atoms. The van der Waals surface area contributed by atoms with Gasteiger partial charge in [0.05, 0.1) is 18.7 Å². The third kappa shape index (κ3) is 4.07. The van der Waals surface area contributed by atoms with Crippen LogP contribution in [0, 0.1) is 18.8 Å². The molecular formula is C17H22N2O2. The van der Waals surface area contributed by atoms with Gasteiger partial charge in [-0.1, -0.05) is 11.8 Å². The van der Waals surface area contributed by atoms with Crippen LogP contribution in [0.15, 0.2) is 18.2 Å². The van der Waals surface area contributed by atoms with Crippen LogP contribution in [-0.4, -0.2) is 31.7 Å². The first-order valence-corrected chi connectivity index (χ1v) is 7.28. The van der Waals surface area contributed by atoms with E-state index in [1.165, 1.54) is 0 Å². The van der Waals surface area contributed by atoms with E-state index >= 15 is 0 Å². The number of aryl methyl sites for hydroxylation is 1. The van der Waals surface area contributed by atoms with E-state index in [1.807, 2.05) is 25.1 Å². The lowest BCUT2D eigenvalue weighted by Crippen LogP contribution is -2.40. The van der Waals surface area contributed by atoms with Crippen molar-refractivity contribution in [3.8, 4) is 11.8 Å². The fourth-order valence-corrected chi connectivity index (χ4v) is 2.76. The van der Waals surface area contributed by atoms with Crippen LogP contribution in [0.3, 0.4) is 0 Å². The van der Waals surface area contributed by atoms with Gasteiger partial charge in [-0.25, -0.2) is 0 Å². The smallest absolute Gasteiger partial charge is 0.251 e. The summed E-state index contributed by atoms with van der Waals surface area (Å²) in [5.41, 5.74) is 7.85. The van der Waals surface area contributed by atoms with E-state index in [0.29, 0.717) is 12.1 Å². The third-order valence-corrected chi connectivity index (χ3v) is 3.75. The SMILES string of the molecule is COC1CCCC1NC(=O)c1cc(C)cc(C#CCN)c1. The number of rotatable bonds is 3. The quantitative estimate of drug-likeness (QED) is 0.830. The van der Waals surface area contributed by atoms with Gasteiger partial charge >= 0.3 is 0 Å². The highest BCUT2D eigenvalue weighted by Crippen LogP contribution is 2.22. The minimum Gasteiger partial charge on any atom is -0.379 e. The average Bonchev–Trinajstić information content (AvgIpc) is 2.91. The summed E-state index contributed by atoms with van der Waals surface area (Å²) in [5.74, 6) is 5.72. The molecule has 0 aliphatic heterocycles. The number of nitrogens with one attached hydrogen (secondary N) is 1. The Kier molecular flexibility index (Phi) is 5.38. The summed E-state index contributed by atoms with van der Waals surface area (Å²) in [4.78, 5) is 12.4. The number of ether oxygens (including phenoxy) is 1. The van der Waals surface area contributed by atoms with Crippen LogP contribution in [0.4, 0.5) is 0 Å². The van der Waals surface area contributed by atoms with Crippen LogP contribution in [0.2, 0.25) is 0 Å². The Morgan fingerprint density at radius 1 is 1.43 bits per heavy atom. The second-order valence-corrected chi connectivity index (χ2v) is 5.38. The molecule has 3 N–H and O–H groups in total.